The smallest absolute Gasteiger partial charge is 0.239 e. The molecule has 0 heterocycles. The molecule has 0 bridgehead atoms. The van der Waals surface area contributed by atoms with Crippen molar-refractivity contribution in [2.45, 2.75) is 19.9 Å². The molecule has 0 aliphatic rings. The van der Waals surface area contributed by atoms with E-state index in [1.807, 2.05) is 24.3 Å². The predicted octanol–water partition coefficient (Wildman–Crippen LogP) is 1.76. The number of rotatable bonds is 9. The Kier molecular flexibility index (Phi) is 14.8. The van der Waals surface area contributed by atoms with E-state index in [9.17, 15) is 9.59 Å². The molecule has 1 aromatic carbocycles. The fourth-order valence-electron chi connectivity index (χ4n) is 2.37. The Labute approximate surface area is 166 Å². The van der Waals surface area contributed by atoms with Gasteiger partial charge in [-0.25, -0.2) is 0 Å². The Morgan fingerprint density at radius 1 is 1.12 bits per heavy atom. The van der Waals surface area contributed by atoms with Crippen LogP contribution < -0.4 is 16.4 Å². The molecule has 4 N–H and O–H groups in total. The molecule has 1 aromatic rings. The fourth-order valence-corrected chi connectivity index (χ4v) is 2.63. The van der Waals surface area contributed by atoms with Gasteiger partial charge in [0.15, 0.2) is 0 Å². The lowest BCUT2D eigenvalue weighted by Crippen LogP contribution is -2.43. The number of hydrogen-bond acceptors (Lipinski definition) is 4. The number of hydrogen-bond donors (Lipinski definition) is 3. The normalized spacial score (nSPS) is 11.1. The number of nitrogens with one attached hydrogen (secondary N) is 2. The Balaban J connectivity index is 0. The largest absolute Gasteiger partial charge is 0.353 e. The first kappa shape index (κ1) is 26.2. The zero-order chi connectivity index (χ0) is 17.2. The zero-order valence-corrected chi connectivity index (χ0v) is 16.8. The second-order valence-corrected chi connectivity index (χ2v) is 5.45. The van der Waals surface area contributed by atoms with E-state index in [-0.39, 0.29) is 55.8 Å². The van der Waals surface area contributed by atoms with Crippen LogP contribution >= 0.6 is 36.4 Å². The minimum atomic E-state index is -0.355. The number of carbonyl (C=O) groups is 2. The van der Waals surface area contributed by atoms with Gasteiger partial charge in [-0.2, -0.15) is 0 Å². The summed E-state index contributed by atoms with van der Waals surface area (Å²) in [6.07, 6.45) is 0. The highest BCUT2D eigenvalue weighted by molar-refractivity contribution is 6.31. The molecule has 0 saturated carbocycles. The molecule has 6 nitrogen and oxygen atoms in total. The van der Waals surface area contributed by atoms with Gasteiger partial charge in [0.25, 0.3) is 0 Å². The highest BCUT2D eigenvalue weighted by atomic mass is 35.5. The average molecular weight is 414 g/mol. The van der Waals surface area contributed by atoms with Crippen molar-refractivity contribution in [1.29, 1.82) is 0 Å². The fraction of sp³-hybridized carbons (Fsp3) is 0.500. The molecule has 25 heavy (non-hydrogen) atoms. The number of nitrogens with zero attached hydrogens (tertiary/aromatic N) is 1. The number of nitrogens with two attached hydrogens (primary N) is 1. The Morgan fingerprint density at radius 2 is 1.72 bits per heavy atom. The number of benzene rings is 1. The maximum absolute atomic E-state index is 11.9. The predicted molar refractivity (Wildman–Crippen MR) is 107 cm³/mol. The van der Waals surface area contributed by atoms with E-state index in [1.54, 1.807) is 0 Å². The molecule has 2 amide bonds. The highest BCUT2D eigenvalue weighted by Crippen LogP contribution is 2.26. The van der Waals surface area contributed by atoms with Crippen molar-refractivity contribution in [2.24, 2.45) is 5.73 Å². The van der Waals surface area contributed by atoms with Crippen molar-refractivity contribution in [3.8, 4) is 0 Å². The summed E-state index contributed by atoms with van der Waals surface area (Å²) in [6, 6.07) is 7.60. The molecule has 1 atom stereocenters. The Hall–Kier alpha value is -1.05. The second-order valence-electron chi connectivity index (χ2n) is 5.04. The van der Waals surface area contributed by atoms with Crippen LogP contribution in [0.5, 0.6) is 0 Å². The topological polar surface area (TPSA) is 87.5 Å². The first-order valence-electron chi connectivity index (χ1n) is 7.75. The van der Waals surface area contributed by atoms with Gasteiger partial charge in [0, 0.05) is 11.6 Å². The van der Waals surface area contributed by atoms with E-state index in [0.29, 0.717) is 11.6 Å². The minimum Gasteiger partial charge on any atom is -0.353 e. The first-order valence-corrected chi connectivity index (χ1v) is 8.13. The quantitative estimate of drug-likeness (QED) is 0.575. The second kappa shape index (κ2) is 14.2. The van der Waals surface area contributed by atoms with Crippen LogP contribution in [0.4, 0.5) is 0 Å². The summed E-state index contributed by atoms with van der Waals surface area (Å²) in [5, 5.41) is 5.97. The molecular weight excluding hydrogens is 387 g/mol. The van der Waals surface area contributed by atoms with Crippen molar-refractivity contribution in [1.82, 2.24) is 15.5 Å². The minimum absolute atomic E-state index is 0. The van der Waals surface area contributed by atoms with Gasteiger partial charge in [0.1, 0.15) is 0 Å². The third kappa shape index (κ3) is 8.74. The zero-order valence-electron chi connectivity index (χ0n) is 14.5. The molecule has 0 aliphatic carbocycles. The monoisotopic (exact) mass is 412 g/mol. The summed E-state index contributed by atoms with van der Waals surface area (Å²) in [5.74, 6) is -0.609. The van der Waals surface area contributed by atoms with Crippen LogP contribution in [-0.2, 0) is 9.59 Å². The molecule has 1 rings (SSSR count). The van der Waals surface area contributed by atoms with Gasteiger partial charge in [-0.3, -0.25) is 14.5 Å². The van der Waals surface area contributed by atoms with E-state index in [2.05, 4.69) is 29.4 Å². The van der Waals surface area contributed by atoms with Crippen LogP contribution in [0.25, 0.3) is 0 Å². The summed E-state index contributed by atoms with van der Waals surface area (Å²) < 4.78 is 0. The Morgan fingerprint density at radius 3 is 2.24 bits per heavy atom. The maximum atomic E-state index is 11.9. The lowest BCUT2D eigenvalue weighted by atomic mass is 10.0. The molecule has 0 saturated heterocycles. The third-order valence-electron chi connectivity index (χ3n) is 3.64. The number of carbonyl (C=O) groups excluding carboxylic acids is 2. The van der Waals surface area contributed by atoms with E-state index in [1.165, 1.54) is 0 Å². The van der Waals surface area contributed by atoms with Crippen LogP contribution in [0, 0.1) is 0 Å². The van der Waals surface area contributed by atoms with Gasteiger partial charge < -0.3 is 16.4 Å². The van der Waals surface area contributed by atoms with E-state index in [4.69, 9.17) is 17.3 Å². The van der Waals surface area contributed by atoms with E-state index >= 15 is 0 Å². The summed E-state index contributed by atoms with van der Waals surface area (Å²) in [4.78, 5) is 25.2. The molecule has 0 radical (unpaired) electrons. The van der Waals surface area contributed by atoms with Gasteiger partial charge in [-0.15, -0.1) is 24.8 Å². The van der Waals surface area contributed by atoms with Crippen LogP contribution in [0.15, 0.2) is 24.3 Å². The van der Waals surface area contributed by atoms with Crippen LogP contribution in [-0.4, -0.2) is 49.4 Å². The number of likely N-dealkylation sites (N-methyl/N-ethyl adjacent to an activating group) is 1. The molecular formula is C16H27Cl3N4O2. The van der Waals surface area contributed by atoms with Gasteiger partial charge in [-0.05, 0) is 24.7 Å². The van der Waals surface area contributed by atoms with Crippen LogP contribution in [0.1, 0.15) is 25.5 Å². The molecule has 0 aromatic heterocycles. The van der Waals surface area contributed by atoms with Crippen molar-refractivity contribution in [2.75, 3.05) is 32.7 Å². The molecule has 9 heteroatoms. The SMILES string of the molecule is CCN(CC)C(CNC(=O)CNC(=O)CN)c1ccccc1Cl.Cl.Cl. The lowest BCUT2D eigenvalue weighted by molar-refractivity contribution is -0.125. The summed E-state index contributed by atoms with van der Waals surface area (Å²) in [5.41, 5.74) is 6.16. The standard InChI is InChI=1S/C16H25ClN4O2.2ClH/c1-3-21(4-2)14(12-7-5-6-8-13(12)17)10-19-16(23)11-20-15(22)9-18;;/h5-8,14H,3-4,9-11,18H2,1-2H3,(H,19,23)(H,20,22);2*1H. The van der Waals surface area contributed by atoms with Gasteiger partial charge >= 0.3 is 0 Å². The van der Waals surface area contributed by atoms with Gasteiger partial charge in [0.2, 0.25) is 11.8 Å². The number of halogens is 3. The molecule has 144 valence electrons. The van der Waals surface area contributed by atoms with Gasteiger partial charge in [0.05, 0.1) is 19.1 Å². The Bertz CT molecular complexity index is 528. The van der Waals surface area contributed by atoms with Crippen LogP contribution in [0.3, 0.4) is 0 Å². The number of amides is 2. The van der Waals surface area contributed by atoms with Crippen molar-refractivity contribution in [3.05, 3.63) is 34.9 Å². The van der Waals surface area contributed by atoms with E-state index in [0.717, 1.165) is 18.7 Å². The van der Waals surface area contributed by atoms with Crippen molar-refractivity contribution < 1.29 is 9.59 Å². The average Bonchev–Trinajstić information content (AvgIpc) is 2.57. The first-order chi connectivity index (χ1) is 11.0. The lowest BCUT2D eigenvalue weighted by Gasteiger charge is -2.31. The molecule has 1 unspecified atom stereocenters. The summed E-state index contributed by atoms with van der Waals surface area (Å²) in [7, 11) is 0. The van der Waals surface area contributed by atoms with Crippen LogP contribution in [0.2, 0.25) is 5.02 Å². The summed E-state index contributed by atoms with van der Waals surface area (Å²) >= 11 is 6.30. The van der Waals surface area contributed by atoms with Gasteiger partial charge in [-0.1, -0.05) is 43.6 Å². The summed E-state index contributed by atoms with van der Waals surface area (Å²) in [6.45, 7) is 6.02. The van der Waals surface area contributed by atoms with Crippen molar-refractivity contribution in [3.63, 3.8) is 0 Å². The molecule has 0 fully saturated rings. The third-order valence-corrected chi connectivity index (χ3v) is 3.99. The van der Waals surface area contributed by atoms with Crippen molar-refractivity contribution >= 4 is 48.2 Å². The maximum Gasteiger partial charge on any atom is 0.239 e. The van der Waals surface area contributed by atoms with E-state index < -0.39 is 0 Å². The highest BCUT2D eigenvalue weighted by Gasteiger charge is 2.21. The molecule has 0 spiro atoms. The molecule has 0 aliphatic heterocycles.